The van der Waals surface area contributed by atoms with Crippen molar-refractivity contribution in [2.75, 3.05) is 13.7 Å². The molecule has 0 radical (unpaired) electrons. The second-order valence-corrected chi connectivity index (χ2v) is 3.37. The molecule has 0 aliphatic rings. The van der Waals surface area contributed by atoms with Gasteiger partial charge in [-0.05, 0) is 31.0 Å². The average Bonchev–Trinajstić information content (AvgIpc) is 2.22. The summed E-state index contributed by atoms with van der Waals surface area (Å²) in [5, 5.41) is 0. The van der Waals surface area contributed by atoms with E-state index in [4.69, 9.17) is 10.5 Å². The maximum absolute atomic E-state index is 13.5. The van der Waals surface area contributed by atoms with Gasteiger partial charge in [0.15, 0.2) is 0 Å². The number of rotatable bonds is 3. The predicted octanol–water partition coefficient (Wildman–Crippen LogP) is 2.42. The molecule has 0 saturated carbocycles. The van der Waals surface area contributed by atoms with Gasteiger partial charge in [0.1, 0.15) is 11.6 Å². The van der Waals surface area contributed by atoms with E-state index >= 15 is 0 Å². The van der Waals surface area contributed by atoms with E-state index in [-0.39, 0.29) is 5.82 Å². The van der Waals surface area contributed by atoms with Crippen molar-refractivity contribution in [3.63, 3.8) is 0 Å². The fraction of sp³-hybridized carbons (Fsp3) is 0.333. The monoisotopic (exact) mass is 209 g/mol. The van der Waals surface area contributed by atoms with Crippen molar-refractivity contribution in [2.45, 2.75) is 13.8 Å². The first-order valence-electron chi connectivity index (χ1n) is 4.82. The second-order valence-electron chi connectivity index (χ2n) is 3.37. The quantitative estimate of drug-likeness (QED) is 0.829. The van der Waals surface area contributed by atoms with Gasteiger partial charge in [-0.25, -0.2) is 4.39 Å². The average molecular weight is 209 g/mol. The van der Waals surface area contributed by atoms with Gasteiger partial charge in [-0.2, -0.15) is 0 Å². The predicted molar refractivity (Wildman–Crippen MR) is 60.5 cm³/mol. The van der Waals surface area contributed by atoms with Gasteiger partial charge in [-0.1, -0.05) is 12.2 Å². The first-order valence-corrected chi connectivity index (χ1v) is 4.82. The fourth-order valence-electron chi connectivity index (χ4n) is 1.55. The third-order valence-corrected chi connectivity index (χ3v) is 2.39. The van der Waals surface area contributed by atoms with Crippen LogP contribution in [0.2, 0.25) is 0 Å². The molecule has 0 atom stereocenters. The Morgan fingerprint density at radius 2 is 2.07 bits per heavy atom. The van der Waals surface area contributed by atoms with Gasteiger partial charge in [0.2, 0.25) is 0 Å². The molecule has 3 heteroatoms. The molecule has 0 aromatic heterocycles. The molecule has 0 aliphatic heterocycles. The standard InChI is InChI=1S/C12H16FNO/c1-8-10(5-4-6-14)7-11(13)9(2)12(8)15-3/h4-5,7H,6,14H2,1-3H3/b5-4+. The zero-order chi connectivity index (χ0) is 11.4. The molecule has 0 aliphatic carbocycles. The summed E-state index contributed by atoms with van der Waals surface area (Å²) in [6, 6.07) is 1.50. The minimum absolute atomic E-state index is 0.255. The van der Waals surface area contributed by atoms with Crippen molar-refractivity contribution < 1.29 is 9.13 Å². The summed E-state index contributed by atoms with van der Waals surface area (Å²) >= 11 is 0. The summed E-state index contributed by atoms with van der Waals surface area (Å²) < 4.78 is 18.7. The minimum atomic E-state index is -0.255. The molecule has 1 rings (SSSR count). The molecular weight excluding hydrogens is 193 g/mol. The zero-order valence-electron chi connectivity index (χ0n) is 9.30. The van der Waals surface area contributed by atoms with Crippen LogP contribution in [0.25, 0.3) is 6.08 Å². The van der Waals surface area contributed by atoms with Gasteiger partial charge in [0, 0.05) is 12.1 Å². The van der Waals surface area contributed by atoms with Crippen LogP contribution < -0.4 is 10.5 Å². The molecule has 0 saturated heterocycles. The highest BCUT2D eigenvalue weighted by Crippen LogP contribution is 2.29. The van der Waals surface area contributed by atoms with Gasteiger partial charge in [0.25, 0.3) is 0 Å². The Bertz CT molecular complexity index is 386. The molecule has 1 aromatic carbocycles. The van der Waals surface area contributed by atoms with Crippen LogP contribution in [0.1, 0.15) is 16.7 Å². The summed E-state index contributed by atoms with van der Waals surface area (Å²) in [5.41, 5.74) is 7.63. The van der Waals surface area contributed by atoms with Crippen LogP contribution in [0.4, 0.5) is 4.39 Å². The zero-order valence-corrected chi connectivity index (χ0v) is 9.30. The Morgan fingerprint density at radius 1 is 1.40 bits per heavy atom. The summed E-state index contributed by atoms with van der Waals surface area (Å²) in [4.78, 5) is 0. The molecule has 0 fully saturated rings. The fourth-order valence-corrected chi connectivity index (χ4v) is 1.55. The summed E-state index contributed by atoms with van der Waals surface area (Å²) in [6.45, 7) is 4.05. The number of benzene rings is 1. The summed E-state index contributed by atoms with van der Waals surface area (Å²) in [5.74, 6) is 0.348. The second kappa shape index (κ2) is 4.94. The number of halogens is 1. The van der Waals surface area contributed by atoms with E-state index < -0.39 is 0 Å². The number of hydrogen-bond donors (Lipinski definition) is 1. The van der Waals surface area contributed by atoms with E-state index in [0.717, 1.165) is 11.1 Å². The maximum Gasteiger partial charge on any atom is 0.130 e. The van der Waals surface area contributed by atoms with Crippen LogP contribution in [0.3, 0.4) is 0 Å². The van der Waals surface area contributed by atoms with E-state index in [1.54, 1.807) is 26.2 Å². The van der Waals surface area contributed by atoms with Crippen molar-refractivity contribution in [1.82, 2.24) is 0 Å². The first-order chi connectivity index (χ1) is 7.11. The summed E-state index contributed by atoms with van der Waals surface area (Å²) in [7, 11) is 1.55. The molecule has 0 bridgehead atoms. The van der Waals surface area contributed by atoms with E-state index in [9.17, 15) is 4.39 Å². The third-order valence-electron chi connectivity index (χ3n) is 2.39. The number of hydrogen-bond acceptors (Lipinski definition) is 2. The third kappa shape index (κ3) is 2.36. The Balaban J connectivity index is 3.30. The van der Waals surface area contributed by atoms with Crippen molar-refractivity contribution in [3.8, 4) is 5.75 Å². The smallest absolute Gasteiger partial charge is 0.130 e. The molecule has 1 aromatic rings. The Kier molecular flexibility index (Phi) is 3.86. The van der Waals surface area contributed by atoms with E-state index in [1.807, 2.05) is 6.92 Å². The topological polar surface area (TPSA) is 35.2 Å². The number of methoxy groups -OCH3 is 1. The highest BCUT2D eigenvalue weighted by molar-refractivity contribution is 5.60. The molecule has 15 heavy (non-hydrogen) atoms. The van der Waals surface area contributed by atoms with Crippen LogP contribution in [0.15, 0.2) is 12.1 Å². The minimum Gasteiger partial charge on any atom is -0.496 e. The lowest BCUT2D eigenvalue weighted by atomic mass is 10.0. The first kappa shape index (κ1) is 11.7. The lowest BCUT2D eigenvalue weighted by molar-refractivity contribution is 0.404. The SMILES string of the molecule is COc1c(C)c(F)cc(/C=C/CN)c1C. The highest BCUT2D eigenvalue weighted by Gasteiger charge is 2.11. The lowest BCUT2D eigenvalue weighted by Crippen LogP contribution is -1.98. The van der Waals surface area contributed by atoms with Crippen molar-refractivity contribution >= 4 is 6.08 Å². The van der Waals surface area contributed by atoms with Crippen LogP contribution in [0, 0.1) is 19.7 Å². The Labute approximate surface area is 89.6 Å². The van der Waals surface area contributed by atoms with E-state index in [1.165, 1.54) is 6.07 Å². The van der Waals surface area contributed by atoms with Gasteiger partial charge < -0.3 is 10.5 Å². The van der Waals surface area contributed by atoms with Gasteiger partial charge >= 0.3 is 0 Å². The van der Waals surface area contributed by atoms with E-state index in [0.29, 0.717) is 17.9 Å². The lowest BCUT2D eigenvalue weighted by Gasteiger charge is -2.11. The summed E-state index contributed by atoms with van der Waals surface area (Å²) in [6.07, 6.45) is 3.59. The normalized spacial score (nSPS) is 11.0. The van der Waals surface area contributed by atoms with Crippen LogP contribution in [-0.4, -0.2) is 13.7 Å². The van der Waals surface area contributed by atoms with Crippen molar-refractivity contribution in [2.24, 2.45) is 5.73 Å². The van der Waals surface area contributed by atoms with Crippen LogP contribution >= 0.6 is 0 Å². The Hall–Kier alpha value is -1.35. The molecule has 82 valence electrons. The maximum atomic E-state index is 13.5. The molecule has 0 amide bonds. The van der Waals surface area contributed by atoms with Crippen molar-refractivity contribution in [1.29, 1.82) is 0 Å². The van der Waals surface area contributed by atoms with Gasteiger partial charge in [0.05, 0.1) is 7.11 Å². The number of ether oxygens (including phenoxy) is 1. The molecule has 0 unspecified atom stereocenters. The molecule has 0 heterocycles. The van der Waals surface area contributed by atoms with Crippen LogP contribution in [-0.2, 0) is 0 Å². The number of nitrogens with two attached hydrogens (primary N) is 1. The van der Waals surface area contributed by atoms with Crippen LogP contribution in [0.5, 0.6) is 5.75 Å². The van der Waals surface area contributed by atoms with Crippen molar-refractivity contribution in [3.05, 3.63) is 34.6 Å². The van der Waals surface area contributed by atoms with E-state index in [2.05, 4.69) is 0 Å². The molecular formula is C12H16FNO. The molecule has 0 spiro atoms. The molecule has 2 nitrogen and oxygen atoms in total. The van der Waals surface area contributed by atoms with Gasteiger partial charge in [-0.3, -0.25) is 0 Å². The largest absolute Gasteiger partial charge is 0.496 e. The molecule has 2 N–H and O–H groups in total. The van der Waals surface area contributed by atoms with Gasteiger partial charge in [-0.15, -0.1) is 0 Å². The Morgan fingerprint density at radius 3 is 2.60 bits per heavy atom. The highest BCUT2D eigenvalue weighted by atomic mass is 19.1.